The van der Waals surface area contributed by atoms with Gasteiger partial charge in [-0.1, -0.05) is 19.6 Å². The average molecular weight is 339 g/mol. The second-order valence-corrected chi connectivity index (χ2v) is 12.6. The van der Waals surface area contributed by atoms with Crippen LogP contribution in [0.2, 0.25) is 25.7 Å². The molecule has 22 heavy (non-hydrogen) atoms. The molecular formula is C14H21N3O3SSi. The Balaban J connectivity index is 1.85. The molecule has 0 radical (unpaired) electrons. The molecule has 8 heteroatoms. The molecule has 0 saturated carbocycles. The van der Waals surface area contributed by atoms with Crippen molar-refractivity contribution < 1.29 is 14.3 Å². The number of carbonyl (C=O) groups is 1. The van der Waals surface area contributed by atoms with E-state index in [-0.39, 0.29) is 6.61 Å². The fourth-order valence-electron chi connectivity index (χ4n) is 1.71. The number of carbonyl (C=O) groups excluding carboxylic acids is 1. The van der Waals surface area contributed by atoms with Crippen molar-refractivity contribution in [1.82, 2.24) is 14.8 Å². The first-order valence-corrected chi connectivity index (χ1v) is 11.7. The molecule has 6 nitrogen and oxygen atoms in total. The van der Waals surface area contributed by atoms with Gasteiger partial charge in [0.15, 0.2) is 0 Å². The quantitative estimate of drug-likeness (QED) is 0.399. The smallest absolute Gasteiger partial charge is 0.293 e. The van der Waals surface area contributed by atoms with Crippen LogP contribution < -0.4 is 0 Å². The first-order valence-electron chi connectivity index (χ1n) is 7.08. The third kappa shape index (κ3) is 5.36. The maximum absolute atomic E-state index is 10.2. The second kappa shape index (κ2) is 7.66. The predicted molar refractivity (Wildman–Crippen MR) is 88.3 cm³/mol. The largest absolute Gasteiger partial charge is 0.461 e. The minimum absolute atomic E-state index is 0.202. The van der Waals surface area contributed by atoms with E-state index < -0.39 is 8.07 Å². The van der Waals surface area contributed by atoms with Crippen LogP contribution in [-0.2, 0) is 27.6 Å². The molecule has 0 atom stereocenters. The Hall–Kier alpha value is -1.51. The molecule has 0 aliphatic carbocycles. The Morgan fingerprint density at radius 3 is 2.95 bits per heavy atom. The summed E-state index contributed by atoms with van der Waals surface area (Å²) in [5.74, 6) is 0. The maximum Gasteiger partial charge on any atom is 0.293 e. The van der Waals surface area contributed by atoms with Gasteiger partial charge in [-0.15, -0.1) is 11.3 Å². The Bertz CT molecular complexity index is 606. The summed E-state index contributed by atoms with van der Waals surface area (Å²) in [6.07, 6.45) is 3.68. The summed E-state index contributed by atoms with van der Waals surface area (Å²) < 4.78 is 12.1. The number of nitrogens with zero attached hydrogens (tertiary/aromatic N) is 3. The zero-order valence-corrected chi connectivity index (χ0v) is 14.9. The number of hydrogen-bond acceptors (Lipinski definition) is 6. The zero-order valence-electron chi connectivity index (χ0n) is 13.1. The summed E-state index contributed by atoms with van der Waals surface area (Å²) >= 11 is 1.50. The highest BCUT2D eigenvalue weighted by atomic mass is 32.1. The lowest BCUT2D eigenvalue weighted by atomic mass is 10.4. The predicted octanol–water partition coefficient (Wildman–Crippen LogP) is 2.99. The highest BCUT2D eigenvalue weighted by Crippen LogP contribution is 2.23. The molecule has 2 aromatic heterocycles. The van der Waals surface area contributed by atoms with Gasteiger partial charge in [-0.2, -0.15) is 5.10 Å². The Morgan fingerprint density at radius 1 is 1.41 bits per heavy atom. The van der Waals surface area contributed by atoms with E-state index in [0.29, 0.717) is 13.2 Å². The van der Waals surface area contributed by atoms with E-state index in [1.807, 2.05) is 11.6 Å². The summed E-state index contributed by atoms with van der Waals surface area (Å²) in [5, 5.41) is 7.01. The molecule has 0 fully saturated rings. The second-order valence-electron chi connectivity index (χ2n) is 6.17. The summed E-state index contributed by atoms with van der Waals surface area (Å²) in [6.45, 7) is 8.85. The SMILES string of the molecule is C[Si](C)(C)CCOCn1cc(-c2nc(COC=O)cs2)cn1. The monoisotopic (exact) mass is 339 g/mol. The standard InChI is InChI=1S/C14H21N3O3SSi/c1-22(2,3)5-4-19-10-17-7-12(6-15-17)14-16-13(9-21-14)8-20-11-18/h6-7,9,11H,4-5,8,10H2,1-3H3. The van der Waals surface area contributed by atoms with Crippen molar-refractivity contribution in [2.75, 3.05) is 6.61 Å². The van der Waals surface area contributed by atoms with E-state index >= 15 is 0 Å². The first kappa shape index (κ1) is 16.9. The van der Waals surface area contributed by atoms with Gasteiger partial charge < -0.3 is 9.47 Å². The van der Waals surface area contributed by atoms with E-state index in [1.54, 1.807) is 10.9 Å². The Kier molecular flexibility index (Phi) is 5.87. The number of aromatic nitrogens is 3. The van der Waals surface area contributed by atoms with E-state index in [2.05, 4.69) is 29.7 Å². The van der Waals surface area contributed by atoms with Gasteiger partial charge in [0.2, 0.25) is 0 Å². The van der Waals surface area contributed by atoms with Gasteiger partial charge in [0.05, 0.1) is 11.9 Å². The molecule has 0 aliphatic rings. The van der Waals surface area contributed by atoms with Crippen LogP contribution in [0.25, 0.3) is 10.6 Å². The lowest BCUT2D eigenvalue weighted by Gasteiger charge is -2.15. The fraction of sp³-hybridized carbons (Fsp3) is 0.500. The molecule has 0 unspecified atom stereocenters. The van der Waals surface area contributed by atoms with Crippen molar-refractivity contribution in [2.45, 2.75) is 39.0 Å². The van der Waals surface area contributed by atoms with Crippen molar-refractivity contribution in [3.63, 3.8) is 0 Å². The number of rotatable bonds is 9. The van der Waals surface area contributed by atoms with Gasteiger partial charge in [0, 0.05) is 31.8 Å². The Labute approximate surface area is 135 Å². The minimum atomic E-state index is -1.05. The van der Waals surface area contributed by atoms with Crippen molar-refractivity contribution in [3.05, 3.63) is 23.5 Å². The van der Waals surface area contributed by atoms with Crippen molar-refractivity contribution in [3.8, 4) is 10.6 Å². The van der Waals surface area contributed by atoms with Gasteiger partial charge in [0.1, 0.15) is 18.3 Å². The third-order valence-corrected chi connectivity index (χ3v) is 5.60. The maximum atomic E-state index is 10.2. The van der Waals surface area contributed by atoms with Gasteiger partial charge >= 0.3 is 0 Å². The van der Waals surface area contributed by atoms with Crippen LogP contribution in [0.15, 0.2) is 17.8 Å². The lowest BCUT2D eigenvalue weighted by molar-refractivity contribution is -0.129. The molecule has 0 amide bonds. The summed E-state index contributed by atoms with van der Waals surface area (Å²) in [6, 6.07) is 1.15. The third-order valence-electron chi connectivity index (χ3n) is 2.95. The Morgan fingerprint density at radius 2 is 2.23 bits per heavy atom. The molecule has 0 spiro atoms. The highest BCUT2D eigenvalue weighted by Gasteiger charge is 2.12. The minimum Gasteiger partial charge on any atom is -0.461 e. The summed E-state index contributed by atoms with van der Waals surface area (Å²) in [5.41, 5.74) is 1.68. The van der Waals surface area contributed by atoms with Crippen molar-refractivity contribution >= 4 is 25.9 Å². The van der Waals surface area contributed by atoms with Crippen molar-refractivity contribution in [2.24, 2.45) is 0 Å². The molecule has 120 valence electrons. The topological polar surface area (TPSA) is 66.2 Å². The molecule has 0 aromatic carbocycles. The van der Waals surface area contributed by atoms with Crippen LogP contribution in [0.4, 0.5) is 0 Å². The number of ether oxygens (including phenoxy) is 2. The fourth-order valence-corrected chi connectivity index (χ4v) is 3.24. The molecule has 0 bridgehead atoms. The molecule has 0 aliphatic heterocycles. The highest BCUT2D eigenvalue weighted by molar-refractivity contribution is 7.13. The average Bonchev–Trinajstić information content (AvgIpc) is 3.09. The normalized spacial score (nSPS) is 11.6. The van der Waals surface area contributed by atoms with Crippen molar-refractivity contribution in [1.29, 1.82) is 0 Å². The molecule has 2 aromatic rings. The van der Waals surface area contributed by atoms with Gasteiger partial charge in [-0.25, -0.2) is 9.67 Å². The summed E-state index contributed by atoms with van der Waals surface area (Å²) in [4.78, 5) is 14.6. The van der Waals surface area contributed by atoms with Gasteiger partial charge in [-0.05, 0) is 6.04 Å². The van der Waals surface area contributed by atoms with Crippen LogP contribution in [0.3, 0.4) is 0 Å². The lowest BCUT2D eigenvalue weighted by Crippen LogP contribution is -2.22. The van der Waals surface area contributed by atoms with Gasteiger partial charge in [-0.3, -0.25) is 4.79 Å². The van der Waals surface area contributed by atoms with Crippen LogP contribution in [0, 0.1) is 0 Å². The van der Waals surface area contributed by atoms with E-state index in [9.17, 15) is 4.79 Å². The molecule has 2 heterocycles. The summed E-state index contributed by atoms with van der Waals surface area (Å²) in [7, 11) is -1.05. The molecule has 2 rings (SSSR count). The van der Waals surface area contributed by atoms with Gasteiger partial charge in [0.25, 0.3) is 6.47 Å². The first-order chi connectivity index (χ1) is 10.5. The van der Waals surface area contributed by atoms with E-state index in [0.717, 1.165) is 28.9 Å². The number of hydrogen-bond donors (Lipinski definition) is 0. The van der Waals surface area contributed by atoms with Crippen LogP contribution in [-0.4, -0.2) is 35.9 Å². The van der Waals surface area contributed by atoms with Crippen LogP contribution >= 0.6 is 11.3 Å². The molecular weight excluding hydrogens is 318 g/mol. The molecule has 0 N–H and O–H groups in total. The van der Waals surface area contributed by atoms with E-state index in [1.165, 1.54) is 11.3 Å². The number of thiazole rings is 1. The van der Waals surface area contributed by atoms with E-state index in [4.69, 9.17) is 9.47 Å². The van der Waals surface area contributed by atoms with Crippen LogP contribution in [0.1, 0.15) is 5.69 Å². The molecule has 0 saturated heterocycles. The van der Waals surface area contributed by atoms with Crippen LogP contribution in [0.5, 0.6) is 0 Å². The zero-order chi connectivity index (χ0) is 16.0.